The van der Waals surface area contributed by atoms with E-state index in [0.29, 0.717) is 30.1 Å². The van der Waals surface area contributed by atoms with Crippen LogP contribution in [-0.2, 0) is 17.8 Å². The molecule has 7 heteroatoms. The Morgan fingerprint density at radius 2 is 1.90 bits per heavy atom. The number of fused-ring (bicyclic) bond motifs is 1. The summed E-state index contributed by atoms with van der Waals surface area (Å²) >= 11 is 5.10. The van der Waals surface area contributed by atoms with Gasteiger partial charge in [0.15, 0.2) is 6.61 Å². The fourth-order valence-corrected chi connectivity index (χ4v) is 4.39. The number of rotatable bonds is 5. The van der Waals surface area contributed by atoms with Gasteiger partial charge in [0.05, 0.1) is 5.56 Å². The average Bonchev–Trinajstić information content (AvgIpc) is 3.21. The molecule has 1 N–H and O–H groups in total. The van der Waals surface area contributed by atoms with Gasteiger partial charge in [-0.3, -0.25) is 9.59 Å². The predicted octanol–water partition coefficient (Wildman–Crippen LogP) is 4.73. The van der Waals surface area contributed by atoms with Crippen LogP contribution in [0.3, 0.4) is 0 Å². The van der Waals surface area contributed by atoms with Crippen molar-refractivity contribution < 1.29 is 14.3 Å². The first-order valence-corrected chi connectivity index (χ1v) is 10.9. The number of carbonyl (C=O) groups is 2. The van der Waals surface area contributed by atoms with Gasteiger partial charge in [0.2, 0.25) is 0 Å². The predicted molar refractivity (Wildman–Crippen MR) is 117 cm³/mol. The summed E-state index contributed by atoms with van der Waals surface area (Å²) in [4.78, 5) is 28.5. The van der Waals surface area contributed by atoms with Gasteiger partial charge in [-0.05, 0) is 59.8 Å². The highest BCUT2D eigenvalue weighted by atomic mass is 79.9. The summed E-state index contributed by atoms with van der Waals surface area (Å²) in [7, 11) is 0. The zero-order chi connectivity index (χ0) is 20.2. The molecule has 2 heterocycles. The Morgan fingerprint density at radius 3 is 2.72 bits per heavy atom. The molecule has 0 fully saturated rings. The lowest BCUT2D eigenvalue weighted by molar-refractivity contribution is -0.118. The number of benzene rings is 2. The summed E-state index contributed by atoms with van der Waals surface area (Å²) in [6.07, 6.45) is 0.872. The lowest BCUT2D eigenvalue weighted by Gasteiger charge is -2.27. The van der Waals surface area contributed by atoms with Gasteiger partial charge < -0.3 is 15.0 Å². The van der Waals surface area contributed by atoms with Crippen LogP contribution in [0.5, 0.6) is 5.75 Å². The van der Waals surface area contributed by atoms with Crippen molar-refractivity contribution in [2.24, 2.45) is 0 Å². The minimum atomic E-state index is -0.282. The van der Waals surface area contributed by atoms with Crippen molar-refractivity contribution in [3.05, 3.63) is 80.5 Å². The van der Waals surface area contributed by atoms with E-state index in [9.17, 15) is 9.59 Å². The first-order chi connectivity index (χ1) is 14.1. The minimum absolute atomic E-state index is 0.0780. The molecule has 5 nitrogen and oxygen atoms in total. The van der Waals surface area contributed by atoms with Crippen molar-refractivity contribution in [3.63, 3.8) is 0 Å². The van der Waals surface area contributed by atoms with E-state index in [4.69, 9.17) is 4.74 Å². The van der Waals surface area contributed by atoms with Crippen molar-refractivity contribution in [3.8, 4) is 5.75 Å². The molecule has 148 valence electrons. The van der Waals surface area contributed by atoms with Crippen LogP contribution >= 0.6 is 27.3 Å². The van der Waals surface area contributed by atoms with Crippen molar-refractivity contribution in [2.45, 2.75) is 13.0 Å². The summed E-state index contributed by atoms with van der Waals surface area (Å²) in [6.45, 7) is 1.12. The van der Waals surface area contributed by atoms with Crippen molar-refractivity contribution >= 4 is 44.8 Å². The number of nitrogens with one attached hydrogen (secondary N) is 1. The molecule has 4 rings (SSSR count). The van der Waals surface area contributed by atoms with Crippen LogP contribution in [0.4, 0.5) is 5.69 Å². The first kappa shape index (κ1) is 19.7. The highest BCUT2D eigenvalue weighted by molar-refractivity contribution is 9.10. The Bertz CT molecular complexity index is 1030. The number of para-hydroxylation sites is 1. The second-order valence-corrected chi connectivity index (χ2v) is 8.60. The van der Waals surface area contributed by atoms with Crippen molar-refractivity contribution in [1.29, 1.82) is 0 Å². The molecule has 0 saturated heterocycles. The molecule has 2 aromatic carbocycles. The fraction of sp³-hybridized carbons (Fsp3) is 0.182. The van der Waals surface area contributed by atoms with Crippen LogP contribution in [0.1, 0.15) is 20.8 Å². The number of carbonyl (C=O) groups excluding carboxylic acids is 2. The topological polar surface area (TPSA) is 58.6 Å². The standard InChI is InChI=1S/C22H19BrN2O3S/c23-16-5-7-17(8-6-16)24-21(26)14-28-19-4-2-1-3-18(19)22(27)25-11-9-20-15(13-25)10-12-29-20/h1-8,10,12H,9,11,13-14H2,(H,24,26). The van der Waals surface area contributed by atoms with E-state index >= 15 is 0 Å². The Hall–Kier alpha value is -2.64. The summed E-state index contributed by atoms with van der Waals surface area (Å²) in [5.41, 5.74) is 2.37. The summed E-state index contributed by atoms with van der Waals surface area (Å²) in [5.74, 6) is 0.0563. The molecule has 0 bridgehead atoms. The van der Waals surface area contributed by atoms with Crippen LogP contribution in [0.15, 0.2) is 64.5 Å². The smallest absolute Gasteiger partial charge is 0.262 e. The number of amides is 2. The number of hydrogen-bond acceptors (Lipinski definition) is 4. The van der Waals surface area contributed by atoms with E-state index in [0.717, 1.165) is 10.9 Å². The molecule has 0 aliphatic carbocycles. The number of hydrogen-bond donors (Lipinski definition) is 1. The van der Waals surface area contributed by atoms with Gasteiger partial charge in [-0.25, -0.2) is 0 Å². The Balaban J connectivity index is 1.41. The third-order valence-corrected chi connectivity index (χ3v) is 6.25. The van der Waals surface area contributed by atoms with Gasteiger partial charge in [-0.2, -0.15) is 0 Å². The molecule has 1 aliphatic heterocycles. The number of halogens is 1. The first-order valence-electron chi connectivity index (χ1n) is 9.22. The second kappa shape index (κ2) is 8.80. The summed E-state index contributed by atoms with van der Waals surface area (Å²) in [5, 5.41) is 4.85. The molecule has 3 aromatic rings. The Labute approximate surface area is 181 Å². The molecule has 0 atom stereocenters. The maximum absolute atomic E-state index is 13.1. The van der Waals surface area contributed by atoms with E-state index < -0.39 is 0 Å². The molecule has 1 aliphatic rings. The molecule has 1 aromatic heterocycles. The molecular formula is C22H19BrN2O3S. The van der Waals surface area contributed by atoms with Crippen LogP contribution in [0.25, 0.3) is 0 Å². The zero-order valence-corrected chi connectivity index (χ0v) is 18.0. The molecule has 29 heavy (non-hydrogen) atoms. The van der Waals surface area contributed by atoms with E-state index in [-0.39, 0.29) is 18.4 Å². The van der Waals surface area contributed by atoms with E-state index in [1.807, 2.05) is 23.1 Å². The highest BCUT2D eigenvalue weighted by Crippen LogP contribution is 2.27. The molecule has 0 saturated carbocycles. The van der Waals surface area contributed by atoms with Crippen LogP contribution < -0.4 is 10.1 Å². The highest BCUT2D eigenvalue weighted by Gasteiger charge is 2.24. The minimum Gasteiger partial charge on any atom is -0.483 e. The average molecular weight is 471 g/mol. The Kier molecular flexibility index (Phi) is 5.97. The third-order valence-electron chi connectivity index (χ3n) is 4.70. The molecule has 0 unspecified atom stereocenters. The number of ether oxygens (including phenoxy) is 1. The Morgan fingerprint density at radius 1 is 1.10 bits per heavy atom. The van der Waals surface area contributed by atoms with Gasteiger partial charge in [-0.15, -0.1) is 11.3 Å². The molecule has 2 amide bonds. The van der Waals surface area contributed by atoms with E-state index in [2.05, 4.69) is 32.7 Å². The maximum Gasteiger partial charge on any atom is 0.262 e. The van der Waals surface area contributed by atoms with Gasteiger partial charge in [0.1, 0.15) is 5.75 Å². The van der Waals surface area contributed by atoms with Crippen LogP contribution in [-0.4, -0.2) is 29.9 Å². The number of anilines is 1. The van der Waals surface area contributed by atoms with Gasteiger partial charge in [0.25, 0.3) is 11.8 Å². The monoisotopic (exact) mass is 470 g/mol. The second-order valence-electron chi connectivity index (χ2n) is 6.69. The summed E-state index contributed by atoms with van der Waals surface area (Å²) in [6, 6.07) is 16.4. The lowest BCUT2D eigenvalue weighted by atomic mass is 10.1. The molecule has 0 radical (unpaired) electrons. The number of nitrogens with zero attached hydrogens (tertiary/aromatic N) is 1. The zero-order valence-electron chi connectivity index (χ0n) is 15.6. The van der Waals surface area contributed by atoms with Gasteiger partial charge in [-0.1, -0.05) is 28.1 Å². The SMILES string of the molecule is O=C(COc1ccccc1C(=O)N1CCc2sccc2C1)Nc1ccc(Br)cc1. The lowest BCUT2D eigenvalue weighted by Crippen LogP contribution is -2.35. The molecule has 0 spiro atoms. The number of thiophene rings is 1. The van der Waals surface area contributed by atoms with E-state index in [1.165, 1.54) is 10.4 Å². The van der Waals surface area contributed by atoms with Gasteiger partial charge >= 0.3 is 0 Å². The molecular weight excluding hydrogens is 452 g/mol. The third kappa shape index (κ3) is 4.68. The fourth-order valence-electron chi connectivity index (χ4n) is 3.23. The largest absolute Gasteiger partial charge is 0.483 e. The van der Waals surface area contributed by atoms with Gasteiger partial charge in [0, 0.05) is 28.1 Å². The van der Waals surface area contributed by atoms with Crippen LogP contribution in [0.2, 0.25) is 0 Å². The summed E-state index contributed by atoms with van der Waals surface area (Å²) < 4.78 is 6.63. The van der Waals surface area contributed by atoms with Crippen molar-refractivity contribution in [2.75, 3.05) is 18.5 Å². The van der Waals surface area contributed by atoms with Crippen molar-refractivity contribution in [1.82, 2.24) is 4.90 Å². The normalized spacial score (nSPS) is 12.9. The van der Waals surface area contributed by atoms with Crippen LogP contribution in [0, 0.1) is 0 Å². The maximum atomic E-state index is 13.1. The quantitative estimate of drug-likeness (QED) is 0.586. The van der Waals surface area contributed by atoms with E-state index in [1.54, 1.807) is 41.7 Å².